The molecule has 0 saturated heterocycles. The molecule has 230 valence electrons. The molecule has 0 radical (unpaired) electrons. The van der Waals surface area contributed by atoms with Crippen LogP contribution in [0.15, 0.2) is 47.4 Å². The van der Waals surface area contributed by atoms with Gasteiger partial charge in [-0.3, -0.25) is 19.2 Å². The Kier molecular flexibility index (Phi) is 10.4. The molecule has 3 aromatic rings. The van der Waals surface area contributed by atoms with Gasteiger partial charge in [-0.1, -0.05) is 52.0 Å². The summed E-state index contributed by atoms with van der Waals surface area (Å²) in [6.45, 7) is 6.58. The molecule has 0 aliphatic heterocycles. The Morgan fingerprint density at radius 1 is 1.05 bits per heavy atom. The Morgan fingerprint density at radius 3 is 2.26 bits per heavy atom. The van der Waals surface area contributed by atoms with Gasteiger partial charge in [-0.15, -0.1) is 0 Å². The summed E-state index contributed by atoms with van der Waals surface area (Å²) in [6, 6.07) is 7.08. The molecule has 0 aliphatic rings. The number of ketones is 1. The number of nitrogens with zero attached hydrogens (tertiary/aromatic N) is 2. The topological polar surface area (TPSA) is 128 Å². The van der Waals surface area contributed by atoms with E-state index in [0.717, 1.165) is 11.1 Å². The quantitative estimate of drug-likeness (QED) is 0.234. The van der Waals surface area contributed by atoms with Crippen LogP contribution < -0.4 is 15.6 Å². The summed E-state index contributed by atoms with van der Waals surface area (Å²) in [4.78, 5) is 50.9. The lowest BCUT2D eigenvalue weighted by atomic mass is 9.84. The first kappa shape index (κ1) is 33.0. The number of benzene rings is 2. The van der Waals surface area contributed by atoms with Gasteiger partial charge in [0, 0.05) is 17.8 Å². The zero-order chi connectivity index (χ0) is 32.1. The van der Waals surface area contributed by atoms with Gasteiger partial charge >= 0.3 is 5.97 Å². The second-order valence-electron chi connectivity index (χ2n) is 10.8. The minimum atomic E-state index is -1.89. The summed E-state index contributed by atoms with van der Waals surface area (Å²) in [5, 5.41) is 15.7. The number of aliphatic carboxylic acids is 1. The Balaban J connectivity index is 1.84. The number of hydrogen-bond donors (Lipinski definition) is 2. The largest absolute Gasteiger partial charge is 0.481 e. The molecule has 2 aromatic carbocycles. The van der Waals surface area contributed by atoms with Gasteiger partial charge in [0.15, 0.2) is 23.2 Å². The average Bonchev–Trinajstić information content (AvgIpc) is 2.93. The smallest absolute Gasteiger partial charge is 0.305 e. The minimum absolute atomic E-state index is 0.0420. The number of carbonyl (C=O) groups is 3. The summed E-state index contributed by atoms with van der Waals surface area (Å²) in [5.74, 6) is -13.5. The molecule has 0 aliphatic carbocycles. The molecule has 2 N–H and O–H groups in total. The average molecular weight is 606 g/mol. The van der Waals surface area contributed by atoms with Crippen molar-refractivity contribution in [1.82, 2.24) is 15.1 Å². The van der Waals surface area contributed by atoms with Gasteiger partial charge in [0.1, 0.15) is 12.6 Å². The van der Waals surface area contributed by atoms with E-state index in [0.29, 0.717) is 0 Å². The van der Waals surface area contributed by atoms with Crippen molar-refractivity contribution in [3.05, 3.63) is 92.9 Å². The predicted octanol–water partition coefficient (Wildman–Crippen LogP) is 4.25. The van der Waals surface area contributed by atoms with Crippen LogP contribution in [0.3, 0.4) is 0 Å². The van der Waals surface area contributed by atoms with Crippen molar-refractivity contribution in [3.63, 3.8) is 0 Å². The fourth-order valence-electron chi connectivity index (χ4n) is 4.56. The van der Waals surface area contributed by atoms with Gasteiger partial charge in [-0.2, -0.15) is 13.9 Å². The van der Waals surface area contributed by atoms with Crippen LogP contribution in [-0.4, -0.2) is 45.2 Å². The maximum absolute atomic E-state index is 13.9. The zero-order valence-electron chi connectivity index (χ0n) is 23.9. The highest BCUT2D eigenvalue weighted by Crippen LogP contribution is 2.27. The van der Waals surface area contributed by atoms with Crippen molar-refractivity contribution in [2.24, 2.45) is 0 Å². The Bertz CT molecular complexity index is 1560. The third kappa shape index (κ3) is 7.85. The van der Waals surface area contributed by atoms with Gasteiger partial charge in [0.05, 0.1) is 18.9 Å². The minimum Gasteiger partial charge on any atom is -0.481 e. The zero-order valence-corrected chi connectivity index (χ0v) is 23.9. The number of aromatic nitrogens is 2. The predicted molar refractivity (Wildman–Crippen MR) is 147 cm³/mol. The van der Waals surface area contributed by atoms with E-state index < -0.39 is 77.2 Å². The molecule has 0 spiro atoms. The van der Waals surface area contributed by atoms with E-state index >= 15 is 0 Å². The summed E-state index contributed by atoms with van der Waals surface area (Å²) in [5.41, 5.74) is 1.09. The van der Waals surface area contributed by atoms with Gasteiger partial charge in [0.2, 0.25) is 17.5 Å². The van der Waals surface area contributed by atoms with Crippen LogP contribution in [-0.2, 0) is 26.3 Å². The molecule has 2 atom stereocenters. The summed E-state index contributed by atoms with van der Waals surface area (Å²) in [6.07, 6.45) is 0.478. The first-order chi connectivity index (χ1) is 20.1. The van der Waals surface area contributed by atoms with Gasteiger partial charge in [-0.25, -0.2) is 13.5 Å². The number of nitrogens with one attached hydrogen (secondary N) is 1. The second-order valence-corrected chi connectivity index (χ2v) is 10.8. The monoisotopic (exact) mass is 605 g/mol. The highest BCUT2D eigenvalue weighted by atomic mass is 19.2. The van der Waals surface area contributed by atoms with Crippen LogP contribution in [0.2, 0.25) is 0 Å². The molecular weight excluding hydrogens is 574 g/mol. The number of rotatable bonds is 12. The number of amides is 1. The number of carboxylic acid groups (broad SMARTS) is 1. The molecule has 1 unspecified atom stereocenters. The van der Waals surface area contributed by atoms with Crippen LogP contribution in [0, 0.1) is 23.3 Å². The standard InChI is InChI=1S/C30H31F4N3O6/c1-5-17(18-10-11-35-37(29(18)42)14-16-8-6-7-9-19(16)30(2,3)4)28(41)36-22(13-24(39)40)23(38)15-43-27-25(33)20(31)12-21(32)26(27)34/h6-12,17,22H,5,13-15H2,1-4H3,(H,36,41)(H,39,40)/t17?,22-/m0/s1. The second kappa shape index (κ2) is 13.6. The number of hydrogen-bond acceptors (Lipinski definition) is 6. The number of carboxylic acids is 1. The van der Waals surface area contributed by atoms with Gasteiger partial charge in [0.25, 0.3) is 5.56 Å². The highest BCUT2D eigenvalue weighted by molar-refractivity contribution is 5.94. The molecule has 1 aromatic heterocycles. The molecule has 43 heavy (non-hydrogen) atoms. The summed E-state index contributed by atoms with van der Waals surface area (Å²) in [7, 11) is 0. The maximum atomic E-state index is 13.9. The maximum Gasteiger partial charge on any atom is 0.305 e. The summed E-state index contributed by atoms with van der Waals surface area (Å²) >= 11 is 0. The van der Waals surface area contributed by atoms with Crippen molar-refractivity contribution < 1.29 is 41.8 Å². The van der Waals surface area contributed by atoms with Crippen LogP contribution in [0.4, 0.5) is 17.6 Å². The molecule has 9 nitrogen and oxygen atoms in total. The summed E-state index contributed by atoms with van der Waals surface area (Å²) < 4.78 is 60.6. The molecule has 1 heterocycles. The number of ether oxygens (including phenoxy) is 1. The molecule has 0 fully saturated rings. The Morgan fingerprint density at radius 2 is 1.67 bits per heavy atom. The third-order valence-corrected chi connectivity index (χ3v) is 6.70. The van der Waals surface area contributed by atoms with Crippen LogP contribution in [0.25, 0.3) is 0 Å². The van der Waals surface area contributed by atoms with E-state index in [4.69, 9.17) is 0 Å². The fourth-order valence-corrected chi connectivity index (χ4v) is 4.56. The lowest BCUT2D eigenvalue weighted by Crippen LogP contribution is -2.46. The van der Waals surface area contributed by atoms with E-state index in [1.807, 2.05) is 45.0 Å². The Hall–Kier alpha value is -4.55. The molecular formula is C30H31F4N3O6. The van der Waals surface area contributed by atoms with Crippen LogP contribution in [0.5, 0.6) is 5.75 Å². The van der Waals surface area contributed by atoms with Crippen molar-refractivity contribution >= 4 is 17.7 Å². The number of Topliss-reactive ketones (excluding diaryl/α,β-unsaturated/α-hetero) is 1. The highest BCUT2D eigenvalue weighted by Gasteiger charge is 2.30. The molecule has 3 rings (SSSR count). The fraction of sp³-hybridized carbons (Fsp3) is 0.367. The van der Waals surface area contributed by atoms with E-state index in [1.54, 1.807) is 6.92 Å². The first-order valence-electron chi connectivity index (χ1n) is 13.3. The normalized spacial score (nSPS) is 12.8. The van der Waals surface area contributed by atoms with Crippen LogP contribution in [0.1, 0.15) is 63.1 Å². The van der Waals surface area contributed by atoms with E-state index in [9.17, 15) is 41.8 Å². The molecule has 1 amide bonds. The third-order valence-electron chi connectivity index (χ3n) is 6.70. The lowest BCUT2D eigenvalue weighted by molar-refractivity contribution is -0.140. The van der Waals surface area contributed by atoms with Crippen molar-refractivity contribution in [2.75, 3.05) is 6.61 Å². The molecule has 0 saturated carbocycles. The van der Waals surface area contributed by atoms with Gasteiger partial charge in [-0.05, 0) is 29.0 Å². The van der Waals surface area contributed by atoms with Gasteiger partial charge < -0.3 is 15.2 Å². The SMILES string of the molecule is CCC(C(=O)N[C@@H](CC(=O)O)C(=O)COc1c(F)c(F)cc(F)c1F)c1ccnn(Cc2ccccc2C(C)(C)C)c1=O. The van der Waals surface area contributed by atoms with Crippen molar-refractivity contribution in [3.8, 4) is 5.75 Å². The first-order valence-corrected chi connectivity index (χ1v) is 13.3. The van der Waals surface area contributed by atoms with Crippen LogP contribution >= 0.6 is 0 Å². The van der Waals surface area contributed by atoms with Crippen molar-refractivity contribution in [1.29, 1.82) is 0 Å². The number of carbonyl (C=O) groups excluding carboxylic acids is 2. The lowest BCUT2D eigenvalue weighted by Gasteiger charge is -2.23. The van der Waals surface area contributed by atoms with Crippen molar-refractivity contribution in [2.45, 2.75) is 64.5 Å². The Labute approximate surface area is 244 Å². The van der Waals surface area contributed by atoms with E-state index in [1.165, 1.54) is 16.9 Å². The van der Waals surface area contributed by atoms with E-state index in [-0.39, 0.29) is 30.0 Å². The molecule has 13 heteroatoms. The number of halogens is 4. The molecule has 0 bridgehead atoms. The van der Waals surface area contributed by atoms with E-state index in [2.05, 4.69) is 15.2 Å².